The molecule has 2 aromatic rings. The molecule has 0 amide bonds. The normalized spacial score (nSPS) is 16.8. The third kappa shape index (κ3) is 3.54. The maximum atomic E-state index is 6.18. The molecule has 1 aromatic carbocycles. The second kappa shape index (κ2) is 6.44. The van der Waals surface area contributed by atoms with Crippen LogP contribution in [0.4, 0.5) is 0 Å². The lowest BCUT2D eigenvalue weighted by molar-refractivity contribution is 0.362. The van der Waals surface area contributed by atoms with Gasteiger partial charge in [-0.15, -0.1) is 0 Å². The van der Waals surface area contributed by atoms with Crippen molar-refractivity contribution in [1.82, 2.24) is 10.3 Å². The minimum atomic E-state index is 0.0969. The standard InChI is InChI=1S/C20H26N2O2/c1-13-17(11-12-19(21-13)23-5)24-18-8-6-7-14-15(18)9-10-16(14)22-20(2,3)4/h6-8,11-12,16,22H,9-10H2,1-5H3/t16-/m1/s1. The molecule has 0 fully saturated rings. The van der Waals surface area contributed by atoms with E-state index in [0.717, 1.165) is 30.0 Å². The van der Waals surface area contributed by atoms with Gasteiger partial charge in [-0.1, -0.05) is 12.1 Å². The number of benzene rings is 1. The predicted molar refractivity (Wildman–Crippen MR) is 96.0 cm³/mol. The van der Waals surface area contributed by atoms with Crippen molar-refractivity contribution in [3.05, 3.63) is 47.2 Å². The first-order chi connectivity index (χ1) is 11.4. The van der Waals surface area contributed by atoms with Crippen LogP contribution in [-0.4, -0.2) is 17.6 Å². The average Bonchev–Trinajstić information content (AvgIpc) is 2.91. The number of nitrogens with zero attached hydrogens (tertiary/aromatic N) is 1. The molecule has 0 unspecified atom stereocenters. The predicted octanol–water partition coefficient (Wildman–Crippen LogP) is 4.57. The van der Waals surface area contributed by atoms with Gasteiger partial charge in [0.1, 0.15) is 11.5 Å². The van der Waals surface area contributed by atoms with Gasteiger partial charge in [0.25, 0.3) is 0 Å². The zero-order valence-electron chi connectivity index (χ0n) is 15.1. The van der Waals surface area contributed by atoms with Crippen molar-refractivity contribution in [3.8, 4) is 17.4 Å². The monoisotopic (exact) mass is 326 g/mol. The van der Waals surface area contributed by atoms with E-state index in [2.05, 4.69) is 43.2 Å². The lowest BCUT2D eigenvalue weighted by atomic mass is 10.0. The highest BCUT2D eigenvalue weighted by atomic mass is 16.5. The molecule has 1 aliphatic rings. The first-order valence-corrected chi connectivity index (χ1v) is 8.46. The van der Waals surface area contributed by atoms with Crippen molar-refractivity contribution < 1.29 is 9.47 Å². The molecule has 0 radical (unpaired) electrons. The van der Waals surface area contributed by atoms with Gasteiger partial charge in [0, 0.05) is 17.6 Å². The van der Waals surface area contributed by atoms with Gasteiger partial charge < -0.3 is 14.8 Å². The number of aromatic nitrogens is 1. The van der Waals surface area contributed by atoms with Gasteiger partial charge in [-0.25, -0.2) is 4.98 Å². The van der Waals surface area contributed by atoms with Gasteiger partial charge >= 0.3 is 0 Å². The molecule has 0 spiro atoms. The molecule has 0 saturated carbocycles. The number of rotatable bonds is 4. The van der Waals surface area contributed by atoms with Gasteiger partial charge in [0.15, 0.2) is 0 Å². The number of ether oxygens (including phenoxy) is 2. The van der Waals surface area contributed by atoms with Crippen molar-refractivity contribution in [1.29, 1.82) is 0 Å². The molecule has 1 aromatic heterocycles. The summed E-state index contributed by atoms with van der Waals surface area (Å²) in [5, 5.41) is 3.71. The minimum absolute atomic E-state index is 0.0969. The van der Waals surface area contributed by atoms with Gasteiger partial charge in [-0.3, -0.25) is 0 Å². The largest absolute Gasteiger partial charge is 0.481 e. The summed E-state index contributed by atoms with van der Waals surface area (Å²) in [6, 6.07) is 10.5. The van der Waals surface area contributed by atoms with Crippen LogP contribution in [0.2, 0.25) is 0 Å². The van der Waals surface area contributed by atoms with E-state index in [-0.39, 0.29) is 5.54 Å². The second-order valence-electron chi connectivity index (χ2n) is 7.35. The zero-order chi connectivity index (χ0) is 17.3. The van der Waals surface area contributed by atoms with Crippen LogP contribution >= 0.6 is 0 Å². The molecule has 1 aliphatic carbocycles. The Balaban J connectivity index is 1.86. The summed E-state index contributed by atoms with van der Waals surface area (Å²) < 4.78 is 11.3. The summed E-state index contributed by atoms with van der Waals surface area (Å²) in [5.74, 6) is 2.31. The molecule has 3 rings (SSSR count). The fourth-order valence-corrected chi connectivity index (χ4v) is 3.25. The summed E-state index contributed by atoms with van der Waals surface area (Å²) in [7, 11) is 1.62. The maximum absolute atomic E-state index is 6.18. The van der Waals surface area contributed by atoms with E-state index >= 15 is 0 Å². The summed E-state index contributed by atoms with van der Waals surface area (Å²) in [5.41, 5.74) is 3.57. The molecule has 24 heavy (non-hydrogen) atoms. The number of aryl methyl sites for hydroxylation is 1. The molecule has 4 nitrogen and oxygen atoms in total. The molecule has 1 heterocycles. The maximum Gasteiger partial charge on any atom is 0.213 e. The highest BCUT2D eigenvalue weighted by Crippen LogP contribution is 2.39. The molecule has 0 bridgehead atoms. The van der Waals surface area contributed by atoms with E-state index in [0.29, 0.717) is 11.9 Å². The Bertz CT molecular complexity index is 735. The van der Waals surface area contributed by atoms with E-state index < -0.39 is 0 Å². The van der Waals surface area contributed by atoms with Crippen LogP contribution in [0.3, 0.4) is 0 Å². The quantitative estimate of drug-likeness (QED) is 0.894. The zero-order valence-corrected chi connectivity index (χ0v) is 15.1. The Hall–Kier alpha value is -2.07. The molecule has 0 saturated heterocycles. The highest BCUT2D eigenvalue weighted by Gasteiger charge is 2.28. The smallest absolute Gasteiger partial charge is 0.213 e. The van der Waals surface area contributed by atoms with Crippen LogP contribution in [0.5, 0.6) is 17.4 Å². The van der Waals surface area contributed by atoms with Crippen LogP contribution in [0.15, 0.2) is 30.3 Å². The summed E-state index contributed by atoms with van der Waals surface area (Å²) >= 11 is 0. The average molecular weight is 326 g/mol. The van der Waals surface area contributed by atoms with Crippen LogP contribution in [0.1, 0.15) is 50.1 Å². The van der Waals surface area contributed by atoms with E-state index in [9.17, 15) is 0 Å². The topological polar surface area (TPSA) is 43.4 Å². The van der Waals surface area contributed by atoms with Crippen molar-refractivity contribution in [2.24, 2.45) is 0 Å². The lowest BCUT2D eigenvalue weighted by Gasteiger charge is -2.26. The molecule has 0 aliphatic heterocycles. The third-order valence-electron chi connectivity index (χ3n) is 4.28. The lowest BCUT2D eigenvalue weighted by Crippen LogP contribution is -2.38. The number of fused-ring (bicyclic) bond motifs is 1. The number of pyridine rings is 1. The molecule has 1 N–H and O–H groups in total. The highest BCUT2D eigenvalue weighted by molar-refractivity contribution is 5.47. The second-order valence-corrected chi connectivity index (χ2v) is 7.35. The summed E-state index contributed by atoms with van der Waals surface area (Å²) in [4.78, 5) is 4.39. The minimum Gasteiger partial charge on any atom is -0.481 e. The first kappa shape index (κ1) is 16.8. The Morgan fingerprint density at radius 2 is 1.92 bits per heavy atom. The number of methoxy groups -OCH3 is 1. The van der Waals surface area contributed by atoms with Crippen molar-refractivity contribution in [2.45, 2.75) is 52.1 Å². The SMILES string of the molecule is COc1ccc(Oc2cccc3c2CC[C@H]3NC(C)(C)C)c(C)n1. The Kier molecular flexibility index (Phi) is 4.50. The molecule has 128 valence electrons. The van der Waals surface area contributed by atoms with Crippen LogP contribution < -0.4 is 14.8 Å². The Morgan fingerprint density at radius 1 is 1.12 bits per heavy atom. The summed E-state index contributed by atoms with van der Waals surface area (Å²) in [6.45, 7) is 8.55. The fourth-order valence-electron chi connectivity index (χ4n) is 3.25. The van der Waals surface area contributed by atoms with Crippen molar-refractivity contribution in [2.75, 3.05) is 7.11 Å². The van der Waals surface area contributed by atoms with Crippen molar-refractivity contribution >= 4 is 0 Å². The Morgan fingerprint density at radius 3 is 2.58 bits per heavy atom. The van der Waals surface area contributed by atoms with E-state index in [4.69, 9.17) is 9.47 Å². The summed E-state index contributed by atoms with van der Waals surface area (Å²) in [6.07, 6.45) is 2.13. The van der Waals surface area contributed by atoms with Gasteiger partial charge in [0.05, 0.1) is 12.8 Å². The Labute approximate surface area is 144 Å². The van der Waals surface area contributed by atoms with Gasteiger partial charge in [-0.2, -0.15) is 0 Å². The number of nitrogens with one attached hydrogen (secondary N) is 1. The molecule has 4 heteroatoms. The molecular formula is C20H26N2O2. The van der Waals surface area contributed by atoms with E-state index in [1.165, 1.54) is 11.1 Å². The van der Waals surface area contributed by atoms with Crippen LogP contribution in [0.25, 0.3) is 0 Å². The molecular weight excluding hydrogens is 300 g/mol. The number of hydrogen-bond acceptors (Lipinski definition) is 4. The fraction of sp³-hybridized carbons (Fsp3) is 0.450. The number of hydrogen-bond donors (Lipinski definition) is 1. The van der Waals surface area contributed by atoms with E-state index in [1.54, 1.807) is 7.11 Å². The van der Waals surface area contributed by atoms with Crippen molar-refractivity contribution in [3.63, 3.8) is 0 Å². The van der Waals surface area contributed by atoms with Crippen LogP contribution in [-0.2, 0) is 6.42 Å². The first-order valence-electron chi connectivity index (χ1n) is 8.46. The molecule has 1 atom stereocenters. The third-order valence-corrected chi connectivity index (χ3v) is 4.28. The van der Waals surface area contributed by atoms with Crippen LogP contribution in [0, 0.1) is 6.92 Å². The van der Waals surface area contributed by atoms with E-state index in [1.807, 2.05) is 25.1 Å². The van der Waals surface area contributed by atoms with Gasteiger partial charge in [0.2, 0.25) is 5.88 Å². The van der Waals surface area contributed by atoms with Gasteiger partial charge in [-0.05, 0) is 63.8 Å².